The van der Waals surface area contributed by atoms with Crippen molar-refractivity contribution in [3.05, 3.63) is 34.9 Å². The Morgan fingerprint density at radius 3 is 2.74 bits per heavy atom. The van der Waals surface area contributed by atoms with Gasteiger partial charge in [-0.3, -0.25) is 4.79 Å². The van der Waals surface area contributed by atoms with Crippen LogP contribution in [0.2, 0.25) is 5.02 Å². The summed E-state index contributed by atoms with van der Waals surface area (Å²) in [4.78, 5) is 14.0. The molecule has 0 aromatic heterocycles. The zero-order valence-electron chi connectivity index (χ0n) is 11.4. The van der Waals surface area contributed by atoms with Crippen molar-refractivity contribution in [2.24, 2.45) is 5.92 Å². The molecule has 2 rings (SSSR count). The van der Waals surface area contributed by atoms with Crippen LogP contribution in [0.4, 0.5) is 0 Å². The van der Waals surface area contributed by atoms with Gasteiger partial charge in [0.25, 0.3) is 0 Å². The Morgan fingerprint density at radius 1 is 1.37 bits per heavy atom. The predicted octanol–water partition coefficient (Wildman–Crippen LogP) is 2.69. The van der Waals surface area contributed by atoms with E-state index in [9.17, 15) is 4.79 Å². The Balaban J connectivity index is 1.74. The minimum atomic E-state index is 0.193. The van der Waals surface area contributed by atoms with Crippen molar-refractivity contribution in [1.82, 2.24) is 10.2 Å². The van der Waals surface area contributed by atoms with Gasteiger partial charge in [0.15, 0.2) is 0 Å². The summed E-state index contributed by atoms with van der Waals surface area (Å²) in [6.45, 7) is 5.06. The molecule has 104 valence electrons. The Bertz CT molecular complexity index is 428. The van der Waals surface area contributed by atoms with Gasteiger partial charge in [0, 0.05) is 24.7 Å². The van der Waals surface area contributed by atoms with Crippen molar-refractivity contribution < 1.29 is 4.79 Å². The Labute approximate surface area is 119 Å². The molecule has 4 heteroatoms. The molecule has 1 fully saturated rings. The monoisotopic (exact) mass is 280 g/mol. The molecule has 0 unspecified atom stereocenters. The van der Waals surface area contributed by atoms with Gasteiger partial charge in [0.1, 0.15) is 0 Å². The van der Waals surface area contributed by atoms with Crippen molar-refractivity contribution in [2.45, 2.75) is 26.3 Å². The van der Waals surface area contributed by atoms with E-state index in [4.69, 9.17) is 11.6 Å². The smallest absolute Gasteiger partial charge is 0.236 e. The topological polar surface area (TPSA) is 32.3 Å². The fourth-order valence-electron chi connectivity index (χ4n) is 2.32. The van der Waals surface area contributed by atoms with E-state index >= 15 is 0 Å². The van der Waals surface area contributed by atoms with E-state index in [0.29, 0.717) is 13.1 Å². The highest BCUT2D eigenvalue weighted by molar-refractivity contribution is 6.31. The number of nitrogens with zero attached hydrogens (tertiary/aromatic N) is 1. The Morgan fingerprint density at radius 2 is 2.05 bits per heavy atom. The SMILES string of the molecule is CC1CCN(C(=O)CNCc2ccccc2Cl)CC1. The van der Waals surface area contributed by atoms with Crippen LogP contribution in [0, 0.1) is 5.92 Å². The van der Waals surface area contributed by atoms with Crippen LogP contribution in [0.15, 0.2) is 24.3 Å². The van der Waals surface area contributed by atoms with Crippen LogP contribution < -0.4 is 5.32 Å². The minimum Gasteiger partial charge on any atom is -0.342 e. The number of piperidine rings is 1. The molecule has 3 nitrogen and oxygen atoms in total. The zero-order chi connectivity index (χ0) is 13.7. The van der Waals surface area contributed by atoms with E-state index in [1.165, 1.54) is 0 Å². The highest BCUT2D eigenvalue weighted by Gasteiger charge is 2.19. The van der Waals surface area contributed by atoms with Crippen LogP contribution in [0.25, 0.3) is 0 Å². The molecule has 0 bridgehead atoms. The van der Waals surface area contributed by atoms with Gasteiger partial charge in [-0.2, -0.15) is 0 Å². The normalized spacial score (nSPS) is 16.6. The first-order valence-electron chi connectivity index (χ1n) is 6.88. The van der Waals surface area contributed by atoms with Gasteiger partial charge in [-0.05, 0) is 30.4 Å². The molecule has 19 heavy (non-hydrogen) atoms. The highest BCUT2D eigenvalue weighted by atomic mass is 35.5. The molecule has 1 aromatic rings. The van der Waals surface area contributed by atoms with Gasteiger partial charge < -0.3 is 10.2 Å². The number of carbonyl (C=O) groups is 1. The van der Waals surface area contributed by atoms with E-state index < -0.39 is 0 Å². The minimum absolute atomic E-state index is 0.193. The highest BCUT2D eigenvalue weighted by Crippen LogP contribution is 2.16. The van der Waals surface area contributed by atoms with Crippen LogP contribution in [-0.2, 0) is 11.3 Å². The van der Waals surface area contributed by atoms with Crippen molar-refractivity contribution in [1.29, 1.82) is 0 Å². The summed E-state index contributed by atoms with van der Waals surface area (Å²) in [6, 6.07) is 7.71. The number of carbonyl (C=O) groups excluding carboxylic acids is 1. The van der Waals surface area contributed by atoms with E-state index in [-0.39, 0.29) is 5.91 Å². The van der Waals surface area contributed by atoms with Crippen molar-refractivity contribution >= 4 is 17.5 Å². The summed E-state index contributed by atoms with van der Waals surface area (Å²) in [5.41, 5.74) is 1.03. The van der Waals surface area contributed by atoms with Gasteiger partial charge in [-0.15, -0.1) is 0 Å². The van der Waals surface area contributed by atoms with E-state index in [1.807, 2.05) is 29.2 Å². The first-order chi connectivity index (χ1) is 9.16. The van der Waals surface area contributed by atoms with Gasteiger partial charge in [-0.1, -0.05) is 36.7 Å². The van der Waals surface area contributed by atoms with Gasteiger partial charge in [0.2, 0.25) is 5.91 Å². The fraction of sp³-hybridized carbons (Fsp3) is 0.533. The lowest BCUT2D eigenvalue weighted by molar-refractivity contribution is -0.131. The number of likely N-dealkylation sites (tertiary alicyclic amines) is 1. The molecule has 0 aliphatic carbocycles. The summed E-state index contributed by atoms with van der Waals surface area (Å²) in [5, 5.41) is 3.92. The Kier molecular flexibility index (Phi) is 5.23. The van der Waals surface area contributed by atoms with Crippen LogP contribution in [0.1, 0.15) is 25.3 Å². The third kappa shape index (κ3) is 4.22. The lowest BCUT2D eigenvalue weighted by atomic mass is 9.99. The third-order valence-electron chi connectivity index (χ3n) is 3.69. The van der Waals surface area contributed by atoms with Crippen LogP contribution in [0.5, 0.6) is 0 Å². The first kappa shape index (κ1) is 14.4. The second-order valence-electron chi connectivity index (χ2n) is 5.26. The van der Waals surface area contributed by atoms with Gasteiger partial charge in [-0.25, -0.2) is 0 Å². The summed E-state index contributed by atoms with van der Waals surface area (Å²) >= 11 is 6.07. The zero-order valence-corrected chi connectivity index (χ0v) is 12.1. The molecule has 1 heterocycles. The maximum Gasteiger partial charge on any atom is 0.236 e. The molecule has 0 atom stereocenters. The molecule has 1 aromatic carbocycles. The summed E-state index contributed by atoms with van der Waals surface area (Å²) in [5.74, 6) is 0.944. The number of nitrogens with one attached hydrogen (secondary N) is 1. The molecular formula is C15H21ClN2O. The number of rotatable bonds is 4. The second kappa shape index (κ2) is 6.92. The van der Waals surface area contributed by atoms with Crippen LogP contribution >= 0.6 is 11.6 Å². The number of amides is 1. The molecular weight excluding hydrogens is 260 g/mol. The largest absolute Gasteiger partial charge is 0.342 e. The molecule has 0 spiro atoms. The van der Waals surface area contributed by atoms with Gasteiger partial charge >= 0.3 is 0 Å². The third-order valence-corrected chi connectivity index (χ3v) is 4.05. The first-order valence-corrected chi connectivity index (χ1v) is 7.26. The summed E-state index contributed by atoms with van der Waals surface area (Å²) in [6.07, 6.45) is 2.24. The van der Waals surface area contributed by atoms with Crippen molar-refractivity contribution in [3.63, 3.8) is 0 Å². The average molecular weight is 281 g/mol. The fourth-order valence-corrected chi connectivity index (χ4v) is 2.52. The molecule has 1 amide bonds. The van der Waals surface area contributed by atoms with E-state index in [2.05, 4.69) is 12.2 Å². The van der Waals surface area contributed by atoms with Crippen molar-refractivity contribution in [2.75, 3.05) is 19.6 Å². The number of hydrogen-bond acceptors (Lipinski definition) is 2. The Hall–Kier alpha value is -1.06. The van der Waals surface area contributed by atoms with E-state index in [1.54, 1.807) is 0 Å². The predicted molar refractivity (Wildman–Crippen MR) is 78.1 cm³/mol. The summed E-state index contributed by atoms with van der Waals surface area (Å²) < 4.78 is 0. The second-order valence-corrected chi connectivity index (χ2v) is 5.67. The summed E-state index contributed by atoms with van der Waals surface area (Å²) in [7, 11) is 0. The number of halogens is 1. The van der Waals surface area contributed by atoms with Gasteiger partial charge in [0.05, 0.1) is 6.54 Å². The van der Waals surface area contributed by atoms with Crippen LogP contribution in [0.3, 0.4) is 0 Å². The standard InChI is InChI=1S/C15H21ClN2O/c1-12-6-8-18(9-7-12)15(19)11-17-10-13-4-2-3-5-14(13)16/h2-5,12,17H,6-11H2,1H3. The molecule has 0 radical (unpaired) electrons. The molecule has 1 aliphatic heterocycles. The van der Waals surface area contributed by atoms with E-state index in [0.717, 1.165) is 42.4 Å². The molecule has 1 N–H and O–H groups in total. The molecule has 1 saturated heterocycles. The van der Waals surface area contributed by atoms with Crippen LogP contribution in [-0.4, -0.2) is 30.4 Å². The average Bonchev–Trinajstić information content (AvgIpc) is 2.41. The molecule has 1 aliphatic rings. The van der Waals surface area contributed by atoms with Crippen molar-refractivity contribution in [3.8, 4) is 0 Å². The maximum absolute atomic E-state index is 12.0. The lowest BCUT2D eigenvalue weighted by Crippen LogP contribution is -2.42. The quantitative estimate of drug-likeness (QED) is 0.920. The number of benzene rings is 1. The number of hydrogen-bond donors (Lipinski definition) is 1. The maximum atomic E-state index is 12.0. The lowest BCUT2D eigenvalue weighted by Gasteiger charge is -2.30. The molecule has 0 saturated carbocycles.